The Balaban J connectivity index is 0.00000169. The van der Waals surface area contributed by atoms with Crippen molar-refractivity contribution in [1.82, 2.24) is 0 Å². The largest absolute Gasteiger partial charge is 0.223 e. The second-order valence-electron chi connectivity index (χ2n) is 2.66. The maximum atomic E-state index is 11.5. The van der Waals surface area contributed by atoms with E-state index in [2.05, 4.69) is 0 Å². The number of allylic oxidation sites excluding steroid dienone is 1. The topological polar surface area (TPSA) is 34.1 Å². The van der Waals surface area contributed by atoms with E-state index in [1.54, 1.807) is 49.4 Å². The first kappa shape index (κ1) is 12.9. The summed E-state index contributed by atoms with van der Waals surface area (Å²) < 4.78 is 23.1. The highest BCUT2D eigenvalue weighted by molar-refractivity contribution is 7.91. The van der Waals surface area contributed by atoms with E-state index < -0.39 is 9.84 Å². The van der Waals surface area contributed by atoms with Crippen LogP contribution in [0.3, 0.4) is 0 Å². The van der Waals surface area contributed by atoms with Crippen LogP contribution in [0.25, 0.3) is 0 Å². The zero-order chi connectivity index (χ0) is 9.73. The molecule has 0 aliphatic carbocycles. The molecule has 0 saturated carbocycles. The summed E-state index contributed by atoms with van der Waals surface area (Å²) in [5, 5.41) is 0. The Labute approximate surface area is 86.2 Å². The zero-order valence-electron chi connectivity index (χ0n) is 7.47. The van der Waals surface area contributed by atoms with Gasteiger partial charge in [-0.15, -0.1) is 0 Å². The summed E-state index contributed by atoms with van der Waals surface area (Å²) in [7, 11) is -3.11. The van der Waals surface area contributed by atoms with Gasteiger partial charge < -0.3 is 0 Å². The maximum absolute atomic E-state index is 11.5. The second kappa shape index (κ2) is 5.60. The van der Waals surface area contributed by atoms with Crippen molar-refractivity contribution in [3.8, 4) is 0 Å². The molecule has 0 aliphatic heterocycles. The minimum atomic E-state index is -3.11. The lowest BCUT2D eigenvalue weighted by Crippen LogP contribution is -2.03. The highest BCUT2D eigenvalue weighted by Crippen LogP contribution is 2.09. The summed E-state index contributed by atoms with van der Waals surface area (Å²) in [4.78, 5) is 0.383. The van der Waals surface area contributed by atoms with Crippen LogP contribution in [-0.2, 0) is 9.84 Å². The molecular weight excluding hydrogens is 196 g/mol. The summed E-state index contributed by atoms with van der Waals surface area (Å²) in [6, 6.07) is 8.47. The first-order valence-corrected chi connectivity index (χ1v) is 5.71. The highest BCUT2D eigenvalue weighted by Gasteiger charge is 2.10. The fraction of sp³-hybridized carbons (Fsp3) is 0.273. The van der Waals surface area contributed by atoms with Crippen molar-refractivity contribution in [1.29, 1.82) is 0 Å². The Kier molecular flexibility index (Phi) is 5.16. The molecule has 0 bridgehead atoms. The molecule has 0 aliphatic rings. The van der Waals surface area contributed by atoms with Gasteiger partial charge in [-0.1, -0.05) is 37.8 Å². The van der Waals surface area contributed by atoms with Crippen LogP contribution in [0.5, 0.6) is 0 Å². The number of rotatable bonds is 3. The Morgan fingerprint density at radius 1 is 1.21 bits per heavy atom. The Bertz CT molecular complexity index is 377. The predicted molar refractivity (Wildman–Crippen MR) is 60.0 cm³/mol. The van der Waals surface area contributed by atoms with Crippen LogP contribution in [-0.4, -0.2) is 14.2 Å². The fourth-order valence-corrected chi connectivity index (χ4v) is 2.16. The van der Waals surface area contributed by atoms with Gasteiger partial charge in [0.15, 0.2) is 9.84 Å². The van der Waals surface area contributed by atoms with E-state index in [0.717, 1.165) is 0 Å². The van der Waals surface area contributed by atoms with E-state index in [0.29, 0.717) is 4.90 Å². The van der Waals surface area contributed by atoms with Crippen molar-refractivity contribution >= 4 is 9.84 Å². The van der Waals surface area contributed by atoms with Gasteiger partial charge in [-0.2, -0.15) is 0 Å². The Morgan fingerprint density at radius 2 is 1.79 bits per heavy atom. The molecule has 0 amide bonds. The van der Waals surface area contributed by atoms with Gasteiger partial charge in [0.25, 0.3) is 0 Å². The van der Waals surface area contributed by atoms with E-state index in [1.807, 2.05) is 0 Å². The average molecular weight is 212 g/mol. The lowest BCUT2D eigenvalue weighted by atomic mass is 10.4. The van der Waals surface area contributed by atoms with Crippen molar-refractivity contribution in [3.63, 3.8) is 0 Å². The highest BCUT2D eigenvalue weighted by atomic mass is 32.2. The first-order chi connectivity index (χ1) is 6.17. The van der Waals surface area contributed by atoms with E-state index in [1.165, 1.54) is 0 Å². The van der Waals surface area contributed by atoms with E-state index in [9.17, 15) is 8.42 Å². The normalized spacial score (nSPS) is 11.2. The number of benzene rings is 1. The maximum Gasteiger partial charge on any atom is 0.181 e. The van der Waals surface area contributed by atoms with Gasteiger partial charge >= 0.3 is 0 Å². The standard InChI is InChI=1S/C10H12O2S.CH4/c1-2-3-9-13(11,12)10-7-5-4-6-8-10;/h2-8H,9H2,1H3;1H4/b3-2+;. The summed E-state index contributed by atoms with van der Waals surface area (Å²) in [5.74, 6) is 0.0769. The quantitative estimate of drug-likeness (QED) is 0.722. The third-order valence-corrected chi connectivity index (χ3v) is 3.28. The molecular formula is C11H16O2S. The molecule has 0 saturated heterocycles. The summed E-state index contributed by atoms with van der Waals surface area (Å²) >= 11 is 0. The molecule has 1 aromatic rings. The second-order valence-corrected chi connectivity index (χ2v) is 4.70. The number of sulfone groups is 1. The zero-order valence-corrected chi connectivity index (χ0v) is 8.29. The van der Waals surface area contributed by atoms with Gasteiger partial charge in [-0.3, -0.25) is 0 Å². The minimum absolute atomic E-state index is 0. The molecule has 0 N–H and O–H groups in total. The van der Waals surface area contributed by atoms with Crippen LogP contribution in [0.2, 0.25) is 0 Å². The SMILES string of the molecule is C.C/C=C/CS(=O)(=O)c1ccccc1. The molecule has 3 heteroatoms. The van der Waals surface area contributed by atoms with E-state index >= 15 is 0 Å². The third-order valence-electron chi connectivity index (χ3n) is 1.65. The van der Waals surface area contributed by atoms with Gasteiger partial charge in [-0.05, 0) is 19.1 Å². The predicted octanol–water partition coefficient (Wildman–Crippen LogP) is 2.67. The molecule has 14 heavy (non-hydrogen) atoms. The van der Waals surface area contributed by atoms with Crippen molar-refractivity contribution in [2.45, 2.75) is 19.2 Å². The summed E-state index contributed by atoms with van der Waals surface area (Å²) in [6.45, 7) is 1.81. The molecule has 1 aromatic carbocycles. The van der Waals surface area contributed by atoms with E-state index in [-0.39, 0.29) is 13.2 Å². The van der Waals surface area contributed by atoms with Gasteiger partial charge in [-0.25, -0.2) is 8.42 Å². The van der Waals surface area contributed by atoms with Crippen molar-refractivity contribution < 1.29 is 8.42 Å². The summed E-state index contributed by atoms with van der Waals surface area (Å²) in [5.41, 5.74) is 0. The molecule has 2 nitrogen and oxygen atoms in total. The molecule has 0 fully saturated rings. The molecule has 0 aromatic heterocycles. The van der Waals surface area contributed by atoms with Crippen molar-refractivity contribution in [3.05, 3.63) is 42.5 Å². The van der Waals surface area contributed by atoms with Gasteiger partial charge in [0, 0.05) is 0 Å². The van der Waals surface area contributed by atoms with Crippen LogP contribution in [0.4, 0.5) is 0 Å². The average Bonchev–Trinajstić information content (AvgIpc) is 2.16. The van der Waals surface area contributed by atoms with Crippen molar-refractivity contribution in [2.75, 3.05) is 5.75 Å². The number of hydrogen-bond acceptors (Lipinski definition) is 2. The van der Waals surface area contributed by atoms with E-state index in [4.69, 9.17) is 0 Å². The smallest absolute Gasteiger partial charge is 0.181 e. The number of hydrogen-bond donors (Lipinski definition) is 0. The Hall–Kier alpha value is -1.09. The lowest BCUT2D eigenvalue weighted by Gasteiger charge is -1.99. The molecule has 0 atom stereocenters. The minimum Gasteiger partial charge on any atom is -0.223 e. The van der Waals surface area contributed by atoms with Gasteiger partial charge in [0.1, 0.15) is 0 Å². The van der Waals surface area contributed by atoms with Crippen LogP contribution in [0, 0.1) is 0 Å². The van der Waals surface area contributed by atoms with Gasteiger partial charge in [0.2, 0.25) is 0 Å². The monoisotopic (exact) mass is 212 g/mol. The van der Waals surface area contributed by atoms with Crippen LogP contribution < -0.4 is 0 Å². The third kappa shape index (κ3) is 3.34. The van der Waals surface area contributed by atoms with Gasteiger partial charge in [0.05, 0.1) is 10.6 Å². The fourth-order valence-electron chi connectivity index (χ4n) is 0.947. The Morgan fingerprint density at radius 3 is 2.29 bits per heavy atom. The molecule has 78 valence electrons. The molecule has 0 spiro atoms. The van der Waals surface area contributed by atoms with Crippen LogP contribution >= 0.6 is 0 Å². The lowest BCUT2D eigenvalue weighted by molar-refractivity contribution is 0.599. The van der Waals surface area contributed by atoms with Crippen LogP contribution in [0.1, 0.15) is 14.4 Å². The molecule has 0 unspecified atom stereocenters. The molecule has 1 rings (SSSR count). The first-order valence-electron chi connectivity index (χ1n) is 4.06. The summed E-state index contributed by atoms with van der Waals surface area (Å²) in [6.07, 6.45) is 3.38. The van der Waals surface area contributed by atoms with Crippen molar-refractivity contribution in [2.24, 2.45) is 0 Å². The molecule has 0 heterocycles. The molecule has 0 radical (unpaired) electrons. The van der Waals surface area contributed by atoms with Crippen LogP contribution in [0.15, 0.2) is 47.4 Å².